The Hall–Kier alpha value is -1.65. The summed E-state index contributed by atoms with van der Waals surface area (Å²) in [4.78, 5) is 7.01. The highest BCUT2D eigenvalue weighted by atomic mass is 16.5. The lowest BCUT2D eigenvalue weighted by Gasteiger charge is -2.28. The monoisotopic (exact) mass is 285 g/mol. The van der Waals surface area contributed by atoms with E-state index in [0.717, 1.165) is 48.5 Å². The summed E-state index contributed by atoms with van der Waals surface area (Å²) in [5.41, 5.74) is 8.07. The first-order valence-electron chi connectivity index (χ1n) is 7.65. The molecular weight excluding hydrogens is 262 g/mol. The highest BCUT2D eigenvalue weighted by molar-refractivity contribution is 5.84. The van der Waals surface area contributed by atoms with Crippen LogP contribution in [-0.2, 0) is 11.3 Å². The largest absolute Gasteiger partial charge is 0.381 e. The standard InChI is InChI=1S/C17H23N3O/c1-20(11-13-5-4-8-21-12-13)17-9-14(10-18)15-6-2-3-7-16(15)19-17/h2-3,6-7,9,13H,4-5,8,10-12,18H2,1H3. The lowest BCUT2D eigenvalue weighted by Crippen LogP contribution is -2.31. The number of anilines is 1. The molecule has 2 aromatic rings. The lowest BCUT2D eigenvalue weighted by atomic mass is 10.0. The molecule has 1 aliphatic heterocycles. The van der Waals surface area contributed by atoms with E-state index in [1.807, 2.05) is 12.1 Å². The van der Waals surface area contributed by atoms with E-state index in [-0.39, 0.29) is 0 Å². The SMILES string of the molecule is CN(CC1CCCOC1)c1cc(CN)c2ccccc2n1. The number of fused-ring (bicyclic) bond motifs is 1. The molecule has 0 saturated carbocycles. The number of aromatic nitrogens is 1. The van der Waals surface area contributed by atoms with Gasteiger partial charge in [0.05, 0.1) is 12.1 Å². The summed E-state index contributed by atoms with van der Waals surface area (Å²) in [6.45, 7) is 3.29. The molecule has 21 heavy (non-hydrogen) atoms. The summed E-state index contributed by atoms with van der Waals surface area (Å²) >= 11 is 0. The van der Waals surface area contributed by atoms with Gasteiger partial charge in [-0.05, 0) is 36.5 Å². The zero-order chi connectivity index (χ0) is 14.7. The Morgan fingerprint density at radius 1 is 1.38 bits per heavy atom. The second kappa shape index (κ2) is 6.41. The Balaban J connectivity index is 1.85. The van der Waals surface area contributed by atoms with Gasteiger partial charge in [-0.2, -0.15) is 0 Å². The number of nitrogens with zero attached hydrogens (tertiary/aromatic N) is 2. The van der Waals surface area contributed by atoms with Crippen molar-refractivity contribution in [2.75, 3.05) is 31.7 Å². The normalized spacial score (nSPS) is 18.9. The molecule has 1 unspecified atom stereocenters. The summed E-state index contributed by atoms with van der Waals surface area (Å²) in [5.74, 6) is 1.60. The molecule has 2 heterocycles. The third-order valence-electron chi connectivity index (χ3n) is 4.19. The van der Waals surface area contributed by atoms with E-state index in [4.69, 9.17) is 15.5 Å². The number of rotatable bonds is 4. The highest BCUT2D eigenvalue weighted by Crippen LogP contribution is 2.24. The fourth-order valence-corrected chi connectivity index (χ4v) is 3.03. The summed E-state index contributed by atoms with van der Waals surface area (Å²) < 4.78 is 5.57. The average Bonchev–Trinajstić information content (AvgIpc) is 2.54. The van der Waals surface area contributed by atoms with Crippen molar-refractivity contribution in [1.29, 1.82) is 0 Å². The van der Waals surface area contributed by atoms with Gasteiger partial charge in [-0.1, -0.05) is 18.2 Å². The van der Waals surface area contributed by atoms with Gasteiger partial charge in [-0.3, -0.25) is 0 Å². The molecule has 1 saturated heterocycles. The number of benzene rings is 1. The van der Waals surface area contributed by atoms with Crippen LogP contribution in [-0.4, -0.2) is 31.8 Å². The topological polar surface area (TPSA) is 51.4 Å². The van der Waals surface area contributed by atoms with E-state index in [0.29, 0.717) is 12.5 Å². The van der Waals surface area contributed by atoms with E-state index in [9.17, 15) is 0 Å². The fraction of sp³-hybridized carbons (Fsp3) is 0.471. The van der Waals surface area contributed by atoms with Crippen LogP contribution in [0.2, 0.25) is 0 Å². The van der Waals surface area contributed by atoms with E-state index in [2.05, 4.69) is 30.1 Å². The van der Waals surface area contributed by atoms with Crippen LogP contribution < -0.4 is 10.6 Å². The molecule has 1 aliphatic rings. The second-order valence-corrected chi connectivity index (χ2v) is 5.82. The maximum atomic E-state index is 5.90. The molecule has 1 aromatic heterocycles. The summed E-state index contributed by atoms with van der Waals surface area (Å²) in [6.07, 6.45) is 2.40. The summed E-state index contributed by atoms with van der Waals surface area (Å²) in [6, 6.07) is 10.3. The van der Waals surface area contributed by atoms with Crippen LogP contribution in [0.5, 0.6) is 0 Å². The molecule has 0 amide bonds. The molecule has 1 aromatic carbocycles. The van der Waals surface area contributed by atoms with Gasteiger partial charge >= 0.3 is 0 Å². The first-order valence-corrected chi connectivity index (χ1v) is 7.65. The van der Waals surface area contributed by atoms with Gasteiger partial charge in [-0.25, -0.2) is 4.98 Å². The molecule has 0 bridgehead atoms. The van der Waals surface area contributed by atoms with Crippen LogP contribution in [0.15, 0.2) is 30.3 Å². The van der Waals surface area contributed by atoms with E-state index >= 15 is 0 Å². The Morgan fingerprint density at radius 2 is 2.24 bits per heavy atom. The van der Waals surface area contributed by atoms with E-state index < -0.39 is 0 Å². The Labute approximate surface area is 125 Å². The summed E-state index contributed by atoms with van der Waals surface area (Å²) in [5, 5.41) is 1.15. The van der Waals surface area contributed by atoms with Gasteiger partial charge in [0.2, 0.25) is 0 Å². The summed E-state index contributed by atoms with van der Waals surface area (Å²) in [7, 11) is 2.10. The highest BCUT2D eigenvalue weighted by Gasteiger charge is 2.17. The zero-order valence-electron chi connectivity index (χ0n) is 12.6. The van der Waals surface area contributed by atoms with Gasteiger partial charge in [0.1, 0.15) is 5.82 Å². The van der Waals surface area contributed by atoms with Crippen molar-refractivity contribution in [2.45, 2.75) is 19.4 Å². The average molecular weight is 285 g/mol. The molecule has 4 nitrogen and oxygen atoms in total. The molecule has 1 atom stereocenters. The first-order chi connectivity index (χ1) is 10.3. The zero-order valence-corrected chi connectivity index (χ0v) is 12.6. The number of pyridine rings is 1. The predicted octanol–water partition coefficient (Wildman–Crippen LogP) is 2.56. The number of hydrogen-bond acceptors (Lipinski definition) is 4. The van der Waals surface area contributed by atoms with Crippen LogP contribution in [0, 0.1) is 5.92 Å². The van der Waals surface area contributed by atoms with E-state index in [1.54, 1.807) is 0 Å². The number of para-hydroxylation sites is 1. The number of ether oxygens (including phenoxy) is 1. The minimum Gasteiger partial charge on any atom is -0.381 e. The van der Waals surface area contributed by atoms with Crippen molar-refractivity contribution in [3.63, 3.8) is 0 Å². The van der Waals surface area contributed by atoms with Crippen LogP contribution in [0.3, 0.4) is 0 Å². The maximum Gasteiger partial charge on any atom is 0.129 e. The van der Waals surface area contributed by atoms with Crippen molar-refractivity contribution >= 4 is 16.7 Å². The molecule has 2 N–H and O–H groups in total. The number of hydrogen-bond donors (Lipinski definition) is 1. The van der Waals surface area contributed by atoms with Gasteiger partial charge in [0.25, 0.3) is 0 Å². The first kappa shape index (κ1) is 14.3. The van der Waals surface area contributed by atoms with Gasteiger partial charge in [0, 0.05) is 32.1 Å². The van der Waals surface area contributed by atoms with Crippen molar-refractivity contribution in [1.82, 2.24) is 4.98 Å². The predicted molar refractivity (Wildman–Crippen MR) is 86.4 cm³/mol. The van der Waals surface area contributed by atoms with Gasteiger partial charge in [-0.15, -0.1) is 0 Å². The van der Waals surface area contributed by atoms with Crippen molar-refractivity contribution in [3.05, 3.63) is 35.9 Å². The molecule has 3 rings (SSSR count). The van der Waals surface area contributed by atoms with E-state index in [1.165, 1.54) is 6.42 Å². The molecular formula is C17H23N3O. The van der Waals surface area contributed by atoms with Gasteiger partial charge in [0.15, 0.2) is 0 Å². The molecule has 0 spiro atoms. The smallest absolute Gasteiger partial charge is 0.129 e. The molecule has 112 valence electrons. The Kier molecular flexibility index (Phi) is 4.36. The van der Waals surface area contributed by atoms with Crippen LogP contribution >= 0.6 is 0 Å². The molecule has 0 radical (unpaired) electrons. The van der Waals surface area contributed by atoms with Gasteiger partial charge < -0.3 is 15.4 Å². The van der Waals surface area contributed by atoms with Crippen LogP contribution in [0.4, 0.5) is 5.82 Å². The second-order valence-electron chi connectivity index (χ2n) is 5.82. The van der Waals surface area contributed by atoms with Crippen molar-refractivity contribution in [3.8, 4) is 0 Å². The Bertz CT molecular complexity index is 608. The molecule has 1 fully saturated rings. The molecule has 0 aliphatic carbocycles. The van der Waals surface area contributed by atoms with Crippen molar-refractivity contribution in [2.24, 2.45) is 11.7 Å². The third kappa shape index (κ3) is 3.17. The van der Waals surface area contributed by atoms with Crippen molar-refractivity contribution < 1.29 is 4.74 Å². The van der Waals surface area contributed by atoms with Crippen LogP contribution in [0.1, 0.15) is 18.4 Å². The number of nitrogens with two attached hydrogens (primary N) is 1. The lowest BCUT2D eigenvalue weighted by molar-refractivity contribution is 0.0576. The van der Waals surface area contributed by atoms with Crippen LogP contribution in [0.25, 0.3) is 10.9 Å². The Morgan fingerprint density at radius 3 is 3.00 bits per heavy atom. The minimum absolute atomic E-state index is 0.538. The minimum atomic E-state index is 0.538. The maximum absolute atomic E-state index is 5.90. The quantitative estimate of drug-likeness (QED) is 0.938. The third-order valence-corrected chi connectivity index (χ3v) is 4.19. The molecule has 4 heteroatoms. The fourth-order valence-electron chi connectivity index (χ4n) is 3.03.